The molecular weight excluding hydrogens is 310 g/mol. The van der Waals surface area contributed by atoms with Crippen LogP contribution < -0.4 is 10.5 Å². The summed E-state index contributed by atoms with van der Waals surface area (Å²) in [5.74, 6) is 0.572. The van der Waals surface area contributed by atoms with Gasteiger partial charge < -0.3 is 25.0 Å². The first-order chi connectivity index (χ1) is 11.5. The van der Waals surface area contributed by atoms with Gasteiger partial charge >= 0.3 is 0 Å². The second-order valence-electron chi connectivity index (χ2n) is 6.36. The zero-order valence-electron chi connectivity index (χ0n) is 13.9. The minimum Gasteiger partial charge on any atom is -0.492 e. The van der Waals surface area contributed by atoms with Gasteiger partial charge in [0, 0.05) is 25.7 Å². The number of carbonyl (C=O) groups is 2. The van der Waals surface area contributed by atoms with Crippen molar-refractivity contribution in [1.82, 2.24) is 9.80 Å². The van der Waals surface area contributed by atoms with Gasteiger partial charge in [-0.3, -0.25) is 9.59 Å². The Morgan fingerprint density at radius 3 is 3.00 bits per heavy atom. The maximum Gasteiger partial charge on any atom is 0.254 e. The van der Waals surface area contributed by atoms with Crippen LogP contribution in [-0.2, 0) is 9.53 Å². The molecule has 1 atom stereocenters. The molecule has 2 aliphatic rings. The van der Waals surface area contributed by atoms with Crippen LogP contribution in [0.2, 0.25) is 0 Å². The Labute approximate surface area is 141 Å². The van der Waals surface area contributed by atoms with Crippen molar-refractivity contribution in [2.45, 2.75) is 12.0 Å². The molecule has 3 rings (SSSR count). The summed E-state index contributed by atoms with van der Waals surface area (Å²) in [5.41, 5.74) is 5.58. The molecule has 0 aliphatic carbocycles. The maximum atomic E-state index is 12.8. The van der Waals surface area contributed by atoms with Crippen LogP contribution in [0.25, 0.3) is 0 Å². The predicted molar refractivity (Wildman–Crippen MR) is 87.8 cm³/mol. The van der Waals surface area contributed by atoms with E-state index >= 15 is 0 Å². The van der Waals surface area contributed by atoms with Crippen LogP contribution in [0.5, 0.6) is 5.75 Å². The molecule has 0 radical (unpaired) electrons. The molecule has 7 nitrogen and oxygen atoms in total. The molecule has 130 valence electrons. The van der Waals surface area contributed by atoms with E-state index in [2.05, 4.69) is 0 Å². The Kier molecular flexibility index (Phi) is 4.73. The van der Waals surface area contributed by atoms with E-state index in [9.17, 15) is 9.59 Å². The number of hydrogen-bond acceptors (Lipinski definition) is 5. The minimum atomic E-state index is -0.439. The van der Waals surface area contributed by atoms with Gasteiger partial charge in [-0.1, -0.05) is 6.07 Å². The summed E-state index contributed by atoms with van der Waals surface area (Å²) in [7, 11) is 1.77. The molecule has 24 heavy (non-hydrogen) atoms. The fraction of sp³-hybridized carbons (Fsp3) is 0.529. The number of ether oxygens (including phenoxy) is 2. The van der Waals surface area contributed by atoms with Crippen LogP contribution in [0, 0.1) is 0 Å². The van der Waals surface area contributed by atoms with Gasteiger partial charge in [0.25, 0.3) is 5.91 Å². The van der Waals surface area contributed by atoms with Crippen LogP contribution in [0.15, 0.2) is 24.3 Å². The molecule has 2 heterocycles. The van der Waals surface area contributed by atoms with Gasteiger partial charge in [-0.05, 0) is 24.6 Å². The molecule has 1 spiro atoms. The zero-order valence-corrected chi connectivity index (χ0v) is 13.9. The summed E-state index contributed by atoms with van der Waals surface area (Å²) in [4.78, 5) is 27.8. The Morgan fingerprint density at radius 1 is 1.42 bits per heavy atom. The molecule has 0 aromatic heterocycles. The summed E-state index contributed by atoms with van der Waals surface area (Å²) in [6, 6.07) is 7.12. The number of nitrogens with zero attached hydrogens (tertiary/aromatic N) is 2. The van der Waals surface area contributed by atoms with Crippen molar-refractivity contribution in [2.75, 3.05) is 46.4 Å². The average molecular weight is 333 g/mol. The standard InChI is InChI=1S/C17H23N3O4/c1-19-11-17(24-10-15(19)21)5-7-20(12-17)16(22)13-3-2-4-14(9-13)23-8-6-18/h2-4,9H,5-8,10-12,18H2,1H3/t17-/m0/s1. The topological polar surface area (TPSA) is 85.1 Å². The minimum absolute atomic E-state index is 0.0184. The number of nitrogens with two attached hydrogens (primary N) is 1. The van der Waals surface area contributed by atoms with Gasteiger partial charge in [-0.25, -0.2) is 0 Å². The highest BCUT2D eigenvalue weighted by atomic mass is 16.5. The van der Waals surface area contributed by atoms with Crippen molar-refractivity contribution in [2.24, 2.45) is 5.73 Å². The number of likely N-dealkylation sites (tertiary alicyclic amines) is 1. The van der Waals surface area contributed by atoms with Gasteiger partial charge in [0.2, 0.25) is 5.91 Å². The van der Waals surface area contributed by atoms with E-state index in [1.807, 2.05) is 6.07 Å². The fourth-order valence-corrected chi connectivity index (χ4v) is 3.23. The summed E-state index contributed by atoms with van der Waals surface area (Å²) in [6.45, 7) is 2.57. The van der Waals surface area contributed by atoms with Crippen LogP contribution in [0.4, 0.5) is 0 Å². The van der Waals surface area contributed by atoms with Crippen molar-refractivity contribution in [3.05, 3.63) is 29.8 Å². The van der Waals surface area contributed by atoms with Gasteiger partial charge in [-0.2, -0.15) is 0 Å². The van der Waals surface area contributed by atoms with Gasteiger partial charge in [-0.15, -0.1) is 0 Å². The number of carbonyl (C=O) groups excluding carboxylic acids is 2. The van der Waals surface area contributed by atoms with Gasteiger partial charge in [0.05, 0.1) is 13.1 Å². The number of hydrogen-bond donors (Lipinski definition) is 1. The first-order valence-corrected chi connectivity index (χ1v) is 8.13. The Hall–Kier alpha value is -2.12. The SMILES string of the molecule is CN1C[C@]2(CCN(C(=O)c3cccc(OCCN)c3)C2)OCC1=O. The normalized spacial score (nSPS) is 23.8. The molecule has 0 saturated carbocycles. The third-order valence-electron chi connectivity index (χ3n) is 4.52. The van der Waals surface area contributed by atoms with Gasteiger partial charge in [0.1, 0.15) is 24.6 Å². The summed E-state index contributed by atoms with van der Waals surface area (Å²) in [5, 5.41) is 0. The van der Waals surface area contributed by atoms with E-state index in [1.54, 1.807) is 35.0 Å². The Balaban J connectivity index is 1.67. The second kappa shape index (κ2) is 6.78. The molecule has 0 bridgehead atoms. The lowest BCUT2D eigenvalue weighted by atomic mass is 10.0. The zero-order chi connectivity index (χ0) is 17.2. The number of likely N-dealkylation sites (N-methyl/N-ethyl adjacent to an activating group) is 1. The smallest absolute Gasteiger partial charge is 0.254 e. The fourth-order valence-electron chi connectivity index (χ4n) is 3.23. The lowest BCUT2D eigenvalue weighted by Gasteiger charge is -2.38. The van der Waals surface area contributed by atoms with Crippen molar-refractivity contribution in [3.8, 4) is 5.75 Å². The number of benzene rings is 1. The summed E-state index contributed by atoms with van der Waals surface area (Å²) < 4.78 is 11.3. The van der Waals surface area contributed by atoms with E-state index in [0.29, 0.717) is 44.1 Å². The number of rotatable bonds is 4. The number of amides is 2. The molecular formula is C17H23N3O4. The highest BCUT2D eigenvalue weighted by Crippen LogP contribution is 2.30. The van der Waals surface area contributed by atoms with Crippen molar-refractivity contribution in [3.63, 3.8) is 0 Å². The lowest BCUT2D eigenvalue weighted by molar-refractivity contribution is -0.158. The quantitative estimate of drug-likeness (QED) is 0.844. The highest BCUT2D eigenvalue weighted by Gasteiger charge is 2.45. The molecule has 2 saturated heterocycles. The van der Waals surface area contributed by atoms with Crippen LogP contribution in [0.3, 0.4) is 0 Å². The van der Waals surface area contributed by atoms with Crippen LogP contribution in [0.1, 0.15) is 16.8 Å². The Morgan fingerprint density at radius 2 is 2.25 bits per heavy atom. The first kappa shape index (κ1) is 16.7. The molecule has 0 unspecified atom stereocenters. The molecule has 1 aromatic carbocycles. The van der Waals surface area contributed by atoms with E-state index in [1.165, 1.54) is 0 Å². The van der Waals surface area contributed by atoms with E-state index in [4.69, 9.17) is 15.2 Å². The highest BCUT2D eigenvalue weighted by molar-refractivity contribution is 5.95. The molecule has 1 aromatic rings. The molecule has 2 amide bonds. The third-order valence-corrected chi connectivity index (χ3v) is 4.52. The monoisotopic (exact) mass is 333 g/mol. The molecule has 2 fully saturated rings. The van der Waals surface area contributed by atoms with E-state index in [0.717, 1.165) is 6.42 Å². The second-order valence-corrected chi connectivity index (χ2v) is 6.36. The molecule has 2 aliphatic heterocycles. The largest absolute Gasteiger partial charge is 0.492 e. The summed E-state index contributed by atoms with van der Waals surface area (Å²) >= 11 is 0. The van der Waals surface area contributed by atoms with E-state index in [-0.39, 0.29) is 18.4 Å². The maximum absolute atomic E-state index is 12.8. The van der Waals surface area contributed by atoms with Crippen LogP contribution in [-0.4, -0.2) is 73.7 Å². The van der Waals surface area contributed by atoms with Crippen molar-refractivity contribution in [1.29, 1.82) is 0 Å². The van der Waals surface area contributed by atoms with Crippen molar-refractivity contribution < 1.29 is 19.1 Å². The first-order valence-electron chi connectivity index (χ1n) is 8.13. The molecule has 2 N–H and O–H groups in total. The predicted octanol–water partition coefficient (Wildman–Crippen LogP) is 0.0974. The molecule has 7 heteroatoms. The van der Waals surface area contributed by atoms with E-state index < -0.39 is 5.60 Å². The van der Waals surface area contributed by atoms with Crippen LogP contribution >= 0.6 is 0 Å². The van der Waals surface area contributed by atoms with Gasteiger partial charge in [0.15, 0.2) is 0 Å². The lowest BCUT2D eigenvalue weighted by Crippen LogP contribution is -2.54. The average Bonchev–Trinajstić information content (AvgIpc) is 3.00. The Bertz CT molecular complexity index is 636. The van der Waals surface area contributed by atoms with Crippen molar-refractivity contribution >= 4 is 11.8 Å². The summed E-state index contributed by atoms with van der Waals surface area (Å²) in [6.07, 6.45) is 0.736. The number of morpholine rings is 1. The third kappa shape index (κ3) is 3.37.